The third-order valence-corrected chi connectivity index (χ3v) is 5.05. The quantitative estimate of drug-likeness (QED) is 0.590. The maximum Gasteiger partial charge on any atom is 0.363 e. The number of esters is 1. The number of allylic oxidation sites excluding steroid dienone is 3. The van der Waals surface area contributed by atoms with Gasteiger partial charge in [-0.1, -0.05) is 32.0 Å². The lowest BCUT2D eigenvalue weighted by Gasteiger charge is -2.23. The Morgan fingerprint density at radius 3 is 2.48 bits per heavy atom. The van der Waals surface area contributed by atoms with Crippen molar-refractivity contribution in [2.45, 2.75) is 19.3 Å². The Morgan fingerprint density at radius 2 is 1.78 bits per heavy atom. The highest BCUT2D eigenvalue weighted by Gasteiger charge is 2.37. The lowest BCUT2D eigenvalue weighted by molar-refractivity contribution is -0.130. The second-order valence-corrected chi connectivity index (χ2v) is 7.12. The van der Waals surface area contributed by atoms with Crippen LogP contribution in [-0.4, -0.2) is 18.9 Å². The zero-order valence-electron chi connectivity index (χ0n) is 15.4. The van der Waals surface area contributed by atoms with Crippen molar-refractivity contribution in [1.29, 1.82) is 0 Å². The summed E-state index contributed by atoms with van der Waals surface area (Å²) in [7, 11) is 2.01. The summed E-state index contributed by atoms with van der Waals surface area (Å²) in [6.45, 7) is 4.31. The van der Waals surface area contributed by atoms with Crippen LogP contribution in [0.4, 0.5) is 10.1 Å². The first-order valence-corrected chi connectivity index (χ1v) is 8.70. The zero-order chi connectivity index (χ0) is 19.2. The highest BCUT2D eigenvalue weighted by atomic mass is 19.1. The summed E-state index contributed by atoms with van der Waals surface area (Å²) in [5.74, 6) is -0.677. The number of halogens is 1. The second-order valence-electron chi connectivity index (χ2n) is 7.12. The average molecular weight is 362 g/mol. The molecule has 0 fully saturated rings. The summed E-state index contributed by atoms with van der Waals surface area (Å²) in [5, 5.41) is 0. The first-order chi connectivity index (χ1) is 12.9. The molecule has 2 aromatic rings. The van der Waals surface area contributed by atoms with Gasteiger partial charge in [0.05, 0.1) is 0 Å². The van der Waals surface area contributed by atoms with Crippen molar-refractivity contribution in [3.05, 3.63) is 89.0 Å². The van der Waals surface area contributed by atoms with Crippen LogP contribution in [0.3, 0.4) is 0 Å². The molecule has 0 amide bonds. The topological polar surface area (TPSA) is 41.9 Å². The Hall–Kier alpha value is -3.21. The molecule has 27 heavy (non-hydrogen) atoms. The van der Waals surface area contributed by atoms with E-state index in [1.54, 1.807) is 6.08 Å². The monoisotopic (exact) mass is 362 g/mol. The van der Waals surface area contributed by atoms with Crippen LogP contribution in [0.15, 0.2) is 77.1 Å². The summed E-state index contributed by atoms with van der Waals surface area (Å²) < 4.78 is 18.3. The van der Waals surface area contributed by atoms with Gasteiger partial charge >= 0.3 is 5.97 Å². The molecule has 2 aromatic carbocycles. The van der Waals surface area contributed by atoms with E-state index < -0.39 is 5.97 Å². The molecule has 0 aromatic heterocycles. The van der Waals surface area contributed by atoms with Crippen LogP contribution >= 0.6 is 0 Å². The lowest BCUT2D eigenvalue weighted by Crippen LogP contribution is -2.22. The number of nitrogens with zero attached hydrogens (tertiary/aromatic N) is 2. The summed E-state index contributed by atoms with van der Waals surface area (Å²) in [5.41, 5.74) is 4.05. The number of ether oxygens (including phenoxy) is 1. The number of hydrogen-bond donors (Lipinski definition) is 0. The third kappa shape index (κ3) is 2.85. The van der Waals surface area contributed by atoms with Crippen molar-refractivity contribution in [2.24, 2.45) is 4.99 Å². The molecule has 0 unspecified atom stereocenters. The molecule has 2 aliphatic rings. The van der Waals surface area contributed by atoms with Crippen LogP contribution in [-0.2, 0) is 14.9 Å². The molecular weight excluding hydrogens is 343 g/mol. The molecule has 136 valence electrons. The number of rotatable bonds is 2. The minimum atomic E-state index is -0.512. The normalized spacial score (nSPS) is 20.8. The fourth-order valence-corrected chi connectivity index (χ4v) is 3.60. The van der Waals surface area contributed by atoms with Crippen LogP contribution in [0.25, 0.3) is 0 Å². The van der Waals surface area contributed by atoms with E-state index in [2.05, 4.69) is 35.9 Å². The van der Waals surface area contributed by atoms with E-state index in [9.17, 15) is 9.18 Å². The van der Waals surface area contributed by atoms with Crippen molar-refractivity contribution < 1.29 is 13.9 Å². The van der Waals surface area contributed by atoms with E-state index in [4.69, 9.17) is 4.74 Å². The van der Waals surface area contributed by atoms with Gasteiger partial charge in [0.25, 0.3) is 0 Å². The van der Waals surface area contributed by atoms with Gasteiger partial charge in [-0.2, -0.15) is 0 Å². The van der Waals surface area contributed by atoms with E-state index in [1.165, 1.54) is 29.8 Å². The van der Waals surface area contributed by atoms with Gasteiger partial charge in [-0.15, -0.1) is 0 Å². The van der Waals surface area contributed by atoms with E-state index in [-0.39, 0.29) is 22.8 Å². The molecule has 0 saturated heterocycles. The molecule has 0 aliphatic carbocycles. The van der Waals surface area contributed by atoms with Crippen molar-refractivity contribution in [3.63, 3.8) is 0 Å². The second kappa shape index (κ2) is 6.20. The summed E-state index contributed by atoms with van der Waals surface area (Å²) in [4.78, 5) is 18.6. The fraction of sp³-hybridized carbons (Fsp3) is 0.182. The van der Waals surface area contributed by atoms with Gasteiger partial charge in [-0.05, 0) is 48.0 Å². The molecule has 0 radical (unpaired) electrons. The third-order valence-electron chi connectivity index (χ3n) is 5.05. The van der Waals surface area contributed by atoms with Gasteiger partial charge in [-0.25, -0.2) is 14.2 Å². The average Bonchev–Trinajstić information content (AvgIpc) is 3.11. The van der Waals surface area contributed by atoms with Gasteiger partial charge in [0, 0.05) is 29.4 Å². The van der Waals surface area contributed by atoms with Gasteiger partial charge in [0.1, 0.15) is 5.82 Å². The number of fused-ring (bicyclic) bond motifs is 1. The number of carbonyl (C=O) groups excluding carboxylic acids is 1. The molecule has 2 aliphatic heterocycles. The molecule has 5 heteroatoms. The predicted molar refractivity (Wildman–Crippen MR) is 103 cm³/mol. The SMILES string of the molecule is CN1/C(=C/C=C2\N=C(c3ccc(F)cc3)OC2=O)C(C)(C)c2ccccc21. The number of para-hydroxylation sites is 1. The number of carbonyl (C=O) groups is 1. The summed E-state index contributed by atoms with van der Waals surface area (Å²) >= 11 is 0. The summed E-state index contributed by atoms with van der Waals surface area (Å²) in [6, 6.07) is 13.9. The Morgan fingerprint density at radius 1 is 1.07 bits per heavy atom. The number of hydrogen-bond acceptors (Lipinski definition) is 4. The molecule has 2 heterocycles. The van der Waals surface area contributed by atoms with Crippen LogP contribution < -0.4 is 4.90 Å². The molecule has 4 rings (SSSR count). The maximum atomic E-state index is 13.1. The molecule has 0 bridgehead atoms. The van der Waals surface area contributed by atoms with Crippen molar-refractivity contribution in [1.82, 2.24) is 0 Å². The molecule has 0 atom stereocenters. The molecule has 0 spiro atoms. The predicted octanol–water partition coefficient (Wildman–Crippen LogP) is 4.32. The number of likely N-dealkylation sites (N-methyl/N-ethyl adjacent to an activating group) is 1. The molecule has 0 N–H and O–H groups in total. The van der Waals surface area contributed by atoms with E-state index in [1.807, 2.05) is 25.3 Å². The maximum absolute atomic E-state index is 13.1. The number of anilines is 1. The van der Waals surface area contributed by atoms with Crippen molar-refractivity contribution in [2.75, 3.05) is 11.9 Å². The first-order valence-electron chi connectivity index (χ1n) is 8.70. The van der Waals surface area contributed by atoms with Crippen LogP contribution in [0.1, 0.15) is 25.0 Å². The van der Waals surface area contributed by atoms with E-state index in [0.717, 1.165) is 11.4 Å². The first kappa shape index (κ1) is 17.2. The Bertz CT molecular complexity index is 1020. The largest absolute Gasteiger partial charge is 0.402 e. The van der Waals surface area contributed by atoms with Crippen molar-refractivity contribution in [3.8, 4) is 0 Å². The van der Waals surface area contributed by atoms with Gasteiger partial charge in [-0.3, -0.25) is 0 Å². The lowest BCUT2D eigenvalue weighted by atomic mass is 9.84. The van der Waals surface area contributed by atoms with Gasteiger partial charge in [0.2, 0.25) is 5.90 Å². The molecular formula is C22H19FN2O2. The van der Waals surface area contributed by atoms with E-state index in [0.29, 0.717) is 5.56 Å². The standard InChI is InChI=1S/C22H19FN2O2/c1-22(2)16-6-4-5-7-18(16)25(3)19(22)13-12-17-21(26)27-20(24-17)14-8-10-15(23)11-9-14/h4-13H,1-3H3/b17-12-,19-13+. The Balaban J connectivity index is 1.68. The highest BCUT2D eigenvalue weighted by molar-refractivity contribution is 6.11. The minimum Gasteiger partial charge on any atom is -0.402 e. The zero-order valence-corrected chi connectivity index (χ0v) is 15.4. The van der Waals surface area contributed by atoms with Gasteiger partial charge < -0.3 is 9.64 Å². The minimum absolute atomic E-state index is 0.186. The Labute approximate surface area is 157 Å². The van der Waals surface area contributed by atoms with E-state index >= 15 is 0 Å². The van der Waals surface area contributed by atoms with Crippen molar-refractivity contribution >= 4 is 17.6 Å². The molecule has 4 nitrogen and oxygen atoms in total. The fourth-order valence-electron chi connectivity index (χ4n) is 3.60. The number of aliphatic imine (C=N–C) groups is 1. The van der Waals surface area contributed by atoms with Crippen LogP contribution in [0.2, 0.25) is 0 Å². The Kier molecular flexibility index (Phi) is 3.95. The number of benzene rings is 2. The smallest absolute Gasteiger partial charge is 0.363 e. The highest BCUT2D eigenvalue weighted by Crippen LogP contribution is 2.46. The summed E-state index contributed by atoms with van der Waals surface area (Å²) in [6.07, 6.45) is 3.59. The van der Waals surface area contributed by atoms with Gasteiger partial charge in [0.15, 0.2) is 5.70 Å². The van der Waals surface area contributed by atoms with Crippen LogP contribution in [0, 0.1) is 5.82 Å². The van der Waals surface area contributed by atoms with Crippen LogP contribution in [0.5, 0.6) is 0 Å². The number of cyclic esters (lactones) is 1. The molecule has 0 saturated carbocycles.